The molecule has 0 aliphatic rings. The first-order valence-corrected chi connectivity index (χ1v) is 3.25. The first-order valence-electron chi connectivity index (χ1n) is 3.25. The molecule has 1 unspecified atom stereocenters. The van der Waals surface area contributed by atoms with E-state index in [1.807, 2.05) is 33.0 Å². The summed E-state index contributed by atoms with van der Waals surface area (Å²) in [6.45, 7) is 7.53. The van der Waals surface area contributed by atoms with E-state index in [4.69, 9.17) is 14.4 Å². The molecule has 4 heteroatoms. The molecule has 2 radical (unpaired) electrons. The zero-order chi connectivity index (χ0) is 8.31. The average molecular weight is 226 g/mol. The van der Waals surface area contributed by atoms with Gasteiger partial charge in [0.1, 0.15) is 0 Å². The molecule has 11 heavy (non-hydrogen) atoms. The Labute approximate surface area is 96.3 Å². The fourth-order valence-electron chi connectivity index (χ4n) is 0.524. The van der Waals surface area contributed by atoms with Crippen molar-refractivity contribution in [2.75, 3.05) is 21.1 Å². The van der Waals surface area contributed by atoms with E-state index >= 15 is 0 Å². The maximum absolute atomic E-state index is 5.65. The molecule has 0 aromatic rings. The zero-order valence-corrected chi connectivity index (χ0v) is 10.5. The van der Waals surface area contributed by atoms with E-state index in [0.29, 0.717) is 5.82 Å². The van der Waals surface area contributed by atoms with Crippen molar-refractivity contribution in [1.82, 2.24) is 9.80 Å². The predicted molar refractivity (Wildman–Crippen MR) is 44.5 cm³/mol. The zero-order valence-electron chi connectivity index (χ0n) is 7.70. The Morgan fingerprint density at radius 2 is 1.73 bits per heavy atom. The van der Waals surface area contributed by atoms with Crippen LogP contribution in [0.25, 0.3) is 0 Å². The molecule has 0 aliphatic heterocycles. The van der Waals surface area contributed by atoms with E-state index in [-0.39, 0.29) is 38.7 Å². The molecule has 0 saturated carbocycles. The van der Waals surface area contributed by atoms with Crippen LogP contribution >= 0.6 is 0 Å². The second kappa shape index (κ2) is 6.07. The minimum Gasteiger partial charge on any atom is -0.472 e. The van der Waals surface area contributed by atoms with Crippen LogP contribution in [0.1, 0.15) is 6.92 Å². The Balaban J connectivity index is 0. The van der Waals surface area contributed by atoms with Crippen LogP contribution in [-0.4, -0.2) is 44.7 Å². The molecule has 0 bridgehead atoms. The third-order valence-corrected chi connectivity index (χ3v) is 1.43. The standard InChI is InChI=1S/C7H14BN2.Y/c1-6(8)10(5)7(2)9(3)4;/h2,6H,1,3-5H3;/q-1;+3. The summed E-state index contributed by atoms with van der Waals surface area (Å²) in [5, 5.41) is 0. The third-order valence-electron chi connectivity index (χ3n) is 1.43. The van der Waals surface area contributed by atoms with E-state index in [0.717, 1.165) is 0 Å². The minimum absolute atomic E-state index is 0. The normalized spacial score (nSPS) is 11.3. The topological polar surface area (TPSA) is 6.48 Å². The Morgan fingerprint density at radius 3 is 1.82 bits per heavy atom. The van der Waals surface area contributed by atoms with Crippen molar-refractivity contribution in [2.45, 2.75) is 12.9 Å². The largest absolute Gasteiger partial charge is 3.00 e. The molecule has 0 spiro atoms. The molecular formula is C7H14BN2Y+2. The molecule has 1 atom stereocenters. The number of nitrogens with zero attached hydrogens (tertiary/aromatic N) is 2. The van der Waals surface area contributed by atoms with Gasteiger partial charge in [-0.2, -0.15) is 0 Å². The molecule has 0 N–H and O–H groups in total. The van der Waals surface area contributed by atoms with Gasteiger partial charge in [0.05, 0.1) is 7.85 Å². The summed E-state index contributed by atoms with van der Waals surface area (Å²) < 4.78 is 0. The van der Waals surface area contributed by atoms with Crippen molar-refractivity contribution in [3.8, 4) is 0 Å². The molecule has 0 rings (SSSR count). The molecule has 0 aromatic carbocycles. The number of hydrogen-bond acceptors (Lipinski definition) is 2. The van der Waals surface area contributed by atoms with Crippen molar-refractivity contribution >= 4 is 7.85 Å². The van der Waals surface area contributed by atoms with Crippen molar-refractivity contribution in [3.63, 3.8) is 0 Å². The average Bonchev–Trinajstić information content (AvgIpc) is 1.84. The summed E-state index contributed by atoms with van der Waals surface area (Å²) in [7, 11) is 11.2. The van der Waals surface area contributed by atoms with E-state index in [2.05, 4.69) is 0 Å². The van der Waals surface area contributed by atoms with Gasteiger partial charge in [-0.05, 0) is 5.94 Å². The van der Waals surface area contributed by atoms with Crippen LogP contribution in [0.4, 0.5) is 0 Å². The van der Waals surface area contributed by atoms with Gasteiger partial charge in [-0.1, -0.05) is 12.7 Å². The second-order valence-electron chi connectivity index (χ2n) is 2.60. The van der Waals surface area contributed by atoms with Gasteiger partial charge in [0.25, 0.3) is 0 Å². The van der Waals surface area contributed by atoms with Crippen molar-refractivity contribution in [2.24, 2.45) is 0 Å². The summed E-state index contributed by atoms with van der Waals surface area (Å²) >= 11 is 0. The van der Waals surface area contributed by atoms with Crippen LogP contribution in [0.2, 0.25) is 0 Å². The maximum Gasteiger partial charge on any atom is 3.00 e. The molecule has 2 nitrogen and oxygen atoms in total. The summed E-state index contributed by atoms with van der Waals surface area (Å²) in [6.07, 6.45) is 0. The molecule has 0 aliphatic carbocycles. The van der Waals surface area contributed by atoms with Crippen LogP contribution < -0.4 is 0 Å². The van der Waals surface area contributed by atoms with Gasteiger partial charge < -0.3 is 16.4 Å². The van der Waals surface area contributed by atoms with Crippen molar-refractivity contribution in [3.05, 3.63) is 12.4 Å². The first kappa shape index (κ1) is 14.1. The summed E-state index contributed by atoms with van der Waals surface area (Å²) in [6, 6.07) is 0. The first-order chi connectivity index (χ1) is 4.46. The molecule has 0 fully saturated rings. The van der Waals surface area contributed by atoms with Crippen molar-refractivity contribution in [1.29, 1.82) is 0 Å². The van der Waals surface area contributed by atoms with Crippen LogP contribution in [0, 0.1) is 6.58 Å². The molecule has 56 valence electrons. The van der Waals surface area contributed by atoms with E-state index in [1.54, 1.807) is 4.90 Å². The van der Waals surface area contributed by atoms with E-state index in [9.17, 15) is 0 Å². The fourth-order valence-corrected chi connectivity index (χ4v) is 0.524. The smallest absolute Gasteiger partial charge is 0.472 e. The SMILES string of the molecule is [B]C(C)N(C)C(=[CH-])N(C)C.[Y+3]. The van der Waals surface area contributed by atoms with Gasteiger partial charge in [0.15, 0.2) is 0 Å². The second-order valence-corrected chi connectivity index (χ2v) is 2.60. The molecule has 0 amide bonds. The molecule has 0 aromatic heterocycles. The minimum atomic E-state index is -0.0394. The van der Waals surface area contributed by atoms with Crippen LogP contribution in [0.15, 0.2) is 5.82 Å². The Hall–Kier alpha value is 0.509. The van der Waals surface area contributed by atoms with Gasteiger partial charge >= 0.3 is 32.7 Å². The van der Waals surface area contributed by atoms with E-state index < -0.39 is 0 Å². The Kier molecular flexibility index (Phi) is 7.76. The maximum atomic E-state index is 5.65. The van der Waals surface area contributed by atoms with E-state index in [1.165, 1.54) is 0 Å². The summed E-state index contributed by atoms with van der Waals surface area (Å²) in [5.74, 6) is 0.636. The van der Waals surface area contributed by atoms with Gasteiger partial charge in [0, 0.05) is 21.1 Å². The van der Waals surface area contributed by atoms with Crippen LogP contribution in [-0.2, 0) is 32.7 Å². The van der Waals surface area contributed by atoms with Crippen LogP contribution in [0.5, 0.6) is 0 Å². The quantitative estimate of drug-likeness (QED) is 0.503. The Bertz CT molecular complexity index is 126. The van der Waals surface area contributed by atoms with Gasteiger partial charge in [-0.3, -0.25) is 0 Å². The third kappa shape index (κ3) is 4.86. The fraction of sp³-hybridized carbons (Fsp3) is 0.714. The molecule has 0 saturated heterocycles. The summed E-state index contributed by atoms with van der Waals surface area (Å²) in [5.41, 5.74) is 0. The molecular weight excluding hydrogens is 212 g/mol. The predicted octanol–water partition coefficient (Wildman–Crippen LogP) is 0.266. The molecule has 0 heterocycles. The number of rotatable bonds is 3. The van der Waals surface area contributed by atoms with Crippen molar-refractivity contribution < 1.29 is 32.7 Å². The van der Waals surface area contributed by atoms with Gasteiger partial charge in [-0.15, -0.1) is 0 Å². The van der Waals surface area contributed by atoms with Gasteiger partial charge in [0.2, 0.25) is 0 Å². The monoisotopic (exact) mass is 226 g/mol. The van der Waals surface area contributed by atoms with Gasteiger partial charge in [-0.25, -0.2) is 0 Å². The van der Waals surface area contributed by atoms with Crippen LogP contribution in [0.3, 0.4) is 0 Å². The number of hydrogen-bond donors (Lipinski definition) is 0. The Morgan fingerprint density at radius 1 is 1.36 bits per heavy atom. The summed E-state index contributed by atoms with van der Waals surface area (Å²) in [4.78, 5) is 3.63.